The third kappa shape index (κ3) is 2.45. The van der Waals surface area contributed by atoms with Crippen LogP contribution in [0.1, 0.15) is 16.1 Å². The lowest BCUT2D eigenvalue weighted by molar-refractivity contribution is 0.0697. The number of nitrogens with zero attached hydrogens (tertiary/aromatic N) is 1. The number of aromatic carboxylic acids is 1. The van der Waals surface area contributed by atoms with Crippen molar-refractivity contribution >= 4 is 17.3 Å². The van der Waals surface area contributed by atoms with Gasteiger partial charge in [0.1, 0.15) is 0 Å². The molecule has 0 aliphatic heterocycles. The number of nitrogens with two attached hydrogens (primary N) is 1. The number of carboxylic acid groups (broad SMARTS) is 1. The fraction of sp³-hybridized carbons (Fsp3) is 0.154. The molecule has 0 saturated heterocycles. The molecular formula is C13H15N3O2. The number of aromatic amines is 1. The van der Waals surface area contributed by atoms with E-state index in [9.17, 15) is 4.79 Å². The minimum atomic E-state index is -0.954. The second-order valence-corrected chi connectivity index (χ2v) is 4.13. The van der Waals surface area contributed by atoms with Gasteiger partial charge in [-0.2, -0.15) is 0 Å². The largest absolute Gasteiger partial charge is 0.478 e. The number of anilines is 2. The average Bonchev–Trinajstić information content (AvgIpc) is 2.81. The van der Waals surface area contributed by atoms with Crippen LogP contribution in [0.25, 0.3) is 0 Å². The molecule has 0 bridgehead atoms. The molecule has 0 unspecified atom stereocenters. The quantitative estimate of drug-likeness (QED) is 0.719. The van der Waals surface area contributed by atoms with E-state index in [-0.39, 0.29) is 5.56 Å². The van der Waals surface area contributed by atoms with Crippen molar-refractivity contribution in [2.24, 2.45) is 0 Å². The van der Waals surface area contributed by atoms with Crippen molar-refractivity contribution in [1.29, 1.82) is 0 Å². The summed E-state index contributed by atoms with van der Waals surface area (Å²) in [7, 11) is 1.87. The number of hydrogen-bond acceptors (Lipinski definition) is 3. The summed E-state index contributed by atoms with van der Waals surface area (Å²) in [6.45, 7) is 0.639. The second kappa shape index (κ2) is 4.83. The van der Waals surface area contributed by atoms with Gasteiger partial charge in [-0.1, -0.05) is 0 Å². The zero-order valence-electron chi connectivity index (χ0n) is 10.1. The molecule has 5 heteroatoms. The third-order valence-corrected chi connectivity index (χ3v) is 2.76. The number of carboxylic acids is 1. The molecular weight excluding hydrogens is 230 g/mol. The Bertz CT molecular complexity index is 549. The minimum absolute atomic E-state index is 0.234. The number of H-pyrrole nitrogens is 1. The molecule has 0 amide bonds. The van der Waals surface area contributed by atoms with Gasteiger partial charge >= 0.3 is 5.97 Å². The summed E-state index contributed by atoms with van der Waals surface area (Å²) >= 11 is 0. The van der Waals surface area contributed by atoms with Gasteiger partial charge in [-0.05, 0) is 30.3 Å². The van der Waals surface area contributed by atoms with E-state index in [0.29, 0.717) is 17.9 Å². The molecule has 0 aliphatic rings. The molecule has 0 atom stereocenters. The van der Waals surface area contributed by atoms with Crippen LogP contribution in [0.3, 0.4) is 0 Å². The predicted molar refractivity (Wildman–Crippen MR) is 70.7 cm³/mol. The van der Waals surface area contributed by atoms with Crippen molar-refractivity contribution in [3.63, 3.8) is 0 Å². The maximum atomic E-state index is 10.9. The Kier molecular flexibility index (Phi) is 3.23. The first-order valence-corrected chi connectivity index (χ1v) is 5.54. The first-order chi connectivity index (χ1) is 8.58. The van der Waals surface area contributed by atoms with E-state index in [1.54, 1.807) is 12.1 Å². The highest BCUT2D eigenvalue weighted by molar-refractivity contribution is 5.90. The average molecular weight is 245 g/mol. The van der Waals surface area contributed by atoms with Gasteiger partial charge in [0, 0.05) is 18.9 Å². The summed E-state index contributed by atoms with van der Waals surface area (Å²) in [5.74, 6) is -0.954. The van der Waals surface area contributed by atoms with Gasteiger partial charge in [-0.25, -0.2) is 4.79 Å². The Labute approximate surface area is 105 Å². The van der Waals surface area contributed by atoms with Crippen LogP contribution in [0, 0.1) is 0 Å². The van der Waals surface area contributed by atoms with E-state index in [1.165, 1.54) is 6.07 Å². The number of benzene rings is 1. The van der Waals surface area contributed by atoms with Crippen molar-refractivity contribution in [2.45, 2.75) is 6.54 Å². The number of nitrogens with one attached hydrogen (secondary N) is 1. The molecule has 1 aromatic heterocycles. The molecule has 1 aromatic carbocycles. The Morgan fingerprint density at radius 1 is 1.44 bits per heavy atom. The fourth-order valence-corrected chi connectivity index (χ4v) is 1.81. The number of aromatic nitrogens is 1. The zero-order chi connectivity index (χ0) is 13.1. The van der Waals surface area contributed by atoms with Gasteiger partial charge in [-0.15, -0.1) is 0 Å². The van der Waals surface area contributed by atoms with Crippen LogP contribution in [-0.4, -0.2) is 23.1 Å². The first kappa shape index (κ1) is 12.0. The molecule has 2 rings (SSSR count). The summed E-state index contributed by atoms with van der Waals surface area (Å²) in [6, 6.07) is 8.59. The molecule has 0 radical (unpaired) electrons. The Morgan fingerprint density at radius 3 is 2.83 bits per heavy atom. The molecule has 4 N–H and O–H groups in total. The molecule has 18 heavy (non-hydrogen) atoms. The topological polar surface area (TPSA) is 82.3 Å². The molecule has 0 spiro atoms. The first-order valence-electron chi connectivity index (χ1n) is 5.54. The van der Waals surface area contributed by atoms with Crippen molar-refractivity contribution in [3.8, 4) is 0 Å². The molecule has 94 valence electrons. The predicted octanol–water partition coefficient (Wildman–Crippen LogP) is 1.93. The van der Waals surface area contributed by atoms with Gasteiger partial charge in [0.25, 0.3) is 0 Å². The summed E-state index contributed by atoms with van der Waals surface area (Å²) in [5, 5.41) is 8.97. The van der Waals surface area contributed by atoms with Crippen LogP contribution in [0.15, 0.2) is 36.5 Å². The highest BCUT2D eigenvalue weighted by Crippen LogP contribution is 2.24. The lowest BCUT2D eigenvalue weighted by Gasteiger charge is -2.20. The van der Waals surface area contributed by atoms with Crippen LogP contribution < -0.4 is 10.6 Å². The Balaban J connectivity index is 2.26. The van der Waals surface area contributed by atoms with Crippen LogP contribution in [0.4, 0.5) is 11.4 Å². The smallest absolute Gasteiger partial charge is 0.335 e. The van der Waals surface area contributed by atoms with Crippen LogP contribution in [-0.2, 0) is 6.54 Å². The van der Waals surface area contributed by atoms with E-state index < -0.39 is 5.97 Å². The Hall–Kier alpha value is -2.43. The second-order valence-electron chi connectivity index (χ2n) is 4.13. The van der Waals surface area contributed by atoms with E-state index in [4.69, 9.17) is 10.8 Å². The van der Waals surface area contributed by atoms with Crippen LogP contribution in [0.5, 0.6) is 0 Å². The lowest BCUT2D eigenvalue weighted by atomic mass is 10.1. The number of hydrogen-bond donors (Lipinski definition) is 3. The monoisotopic (exact) mass is 245 g/mol. The summed E-state index contributed by atoms with van der Waals surface area (Å²) in [5.41, 5.74) is 8.42. The minimum Gasteiger partial charge on any atom is -0.478 e. The van der Waals surface area contributed by atoms with Gasteiger partial charge in [0.15, 0.2) is 0 Å². The standard InChI is InChI=1S/C13H15N3O2/c1-16(8-10-3-2-6-15-10)12-7-9(13(17)18)4-5-11(12)14/h2-7,15H,8,14H2,1H3,(H,17,18). The van der Waals surface area contributed by atoms with E-state index in [2.05, 4.69) is 4.98 Å². The zero-order valence-corrected chi connectivity index (χ0v) is 10.1. The SMILES string of the molecule is CN(Cc1ccc[nH]1)c1cc(C(=O)O)ccc1N. The molecule has 0 aliphatic carbocycles. The number of rotatable bonds is 4. The van der Waals surface area contributed by atoms with E-state index in [1.807, 2.05) is 30.3 Å². The maximum absolute atomic E-state index is 10.9. The third-order valence-electron chi connectivity index (χ3n) is 2.76. The van der Waals surface area contributed by atoms with Gasteiger partial charge in [-0.3, -0.25) is 0 Å². The molecule has 0 fully saturated rings. The van der Waals surface area contributed by atoms with Crippen LogP contribution in [0.2, 0.25) is 0 Å². The number of carbonyl (C=O) groups is 1. The van der Waals surface area contributed by atoms with Gasteiger partial charge < -0.3 is 20.7 Å². The van der Waals surface area contributed by atoms with E-state index in [0.717, 1.165) is 5.69 Å². The van der Waals surface area contributed by atoms with Crippen LogP contribution >= 0.6 is 0 Å². The highest BCUT2D eigenvalue weighted by Gasteiger charge is 2.10. The Morgan fingerprint density at radius 2 is 2.22 bits per heavy atom. The molecule has 0 saturated carbocycles. The summed E-state index contributed by atoms with van der Waals surface area (Å²) in [6.07, 6.45) is 1.85. The van der Waals surface area contributed by atoms with Crippen molar-refractivity contribution < 1.29 is 9.90 Å². The van der Waals surface area contributed by atoms with E-state index >= 15 is 0 Å². The summed E-state index contributed by atoms with van der Waals surface area (Å²) in [4.78, 5) is 15.9. The normalized spacial score (nSPS) is 10.3. The van der Waals surface area contributed by atoms with Gasteiger partial charge in [0.2, 0.25) is 0 Å². The number of nitrogen functional groups attached to an aromatic ring is 1. The van der Waals surface area contributed by atoms with Crippen molar-refractivity contribution in [3.05, 3.63) is 47.8 Å². The fourth-order valence-electron chi connectivity index (χ4n) is 1.81. The van der Waals surface area contributed by atoms with Crippen molar-refractivity contribution in [1.82, 2.24) is 4.98 Å². The summed E-state index contributed by atoms with van der Waals surface area (Å²) < 4.78 is 0. The maximum Gasteiger partial charge on any atom is 0.335 e. The van der Waals surface area contributed by atoms with Crippen molar-refractivity contribution in [2.75, 3.05) is 17.7 Å². The van der Waals surface area contributed by atoms with Gasteiger partial charge in [0.05, 0.1) is 23.5 Å². The molecule has 1 heterocycles. The molecule has 5 nitrogen and oxygen atoms in total. The lowest BCUT2D eigenvalue weighted by Crippen LogP contribution is -2.18. The molecule has 2 aromatic rings. The highest BCUT2D eigenvalue weighted by atomic mass is 16.4.